The summed E-state index contributed by atoms with van der Waals surface area (Å²) in [6, 6.07) is 12.0. The zero-order chi connectivity index (χ0) is 17.1. The zero-order valence-corrected chi connectivity index (χ0v) is 14.4. The highest BCUT2D eigenvalue weighted by Gasteiger charge is 2.14. The van der Waals surface area contributed by atoms with Crippen LogP contribution in [0.4, 0.5) is 11.4 Å². The van der Waals surface area contributed by atoms with Crippen LogP contribution in [-0.4, -0.2) is 25.1 Å². The van der Waals surface area contributed by atoms with Gasteiger partial charge in [-0.25, -0.2) is 0 Å². The van der Waals surface area contributed by atoms with E-state index >= 15 is 0 Å². The van der Waals surface area contributed by atoms with E-state index < -0.39 is 4.92 Å². The van der Waals surface area contributed by atoms with Crippen molar-refractivity contribution in [3.63, 3.8) is 0 Å². The summed E-state index contributed by atoms with van der Waals surface area (Å²) in [7, 11) is 0. The van der Waals surface area contributed by atoms with Crippen LogP contribution in [0.15, 0.2) is 46.9 Å². The number of hydrogen-bond acceptors (Lipinski definition) is 6. The van der Waals surface area contributed by atoms with Crippen LogP contribution >= 0.6 is 27.5 Å². The van der Waals surface area contributed by atoms with E-state index in [1.165, 1.54) is 12.1 Å². The number of para-hydroxylation sites is 1. The third-order valence-electron chi connectivity index (χ3n) is 3.21. The summed E-state index contributed by atoms with van der Waals surface area (Å²) < 4.78 is 2.43. The van der Waals surface area contributed by atoms with Gasteiger partial charge in [-0.1, -0.05) is 23.7 Å². The second-order valence-electron chi connectivity index (χ2n) is 4.74. The third-order valence-corrected chi connectivity index (χ3v) is 4.20. The van der Waals surface area contributed by atoms with E-state index in [1.807, 2.05) is 24.3 Å². The number of nitrogens with zero attached hydrogens (tertiary/aromatic N) is 5. The number of halogens is 2. The van der Waals surface area contributed by atoms with Crippen LogP contribution in [0.5, 0.6) is 0 Å². The molecule has 122 valence electrons. The Balaban J connectivity index is 1.82. The van der Waals surface area contributed by atoms with Gasteiger partial charge in [-0.2, -0.15) is 4.68 Å². The second kappa shape index (κ2) is 6.93. The summed E-state index contributed by atoms with van der Waals surface area (Å²) >= 11 is 9.26. The van der Waals surface area contributed by atoms with Crippen molar-refractivity contribution in [2.75, 3.05) is 5.32 Å². The molecule has 0 aliphatic heterocycles. The van der Waals surface area contributed by atoms with Crippen LogP contribution in [0.1, 0.15) is 5.82 Å². The van der Waals surface area contributed by atoms with Crippen molar-refractivity contribution in [1.29, 1.82) is 0 Å². The van der Waals surface area contributed by atoms with Gasteiger partial charge < -0.3 is 5.32 Å². The summed E-state index contributed by atoms with van der Waals surface area (Å²) in [5.74, 6) is 0.555. The Kier molecular flexibility index (Phi) is 4.72. The first-order valence-electron chi connectivity index (χ1n) is 6.76. The first kappa shape index (κ1) is 16.3. The molecule has 0 saturated carbocycles. The maximum absolute atomic E-state index is 10.9. The number of nitro groups is 1. The van der Waals surface area contributed by atoms with Gasteiger partial charge in [-0.3, -0.25) is 10.1 Å². The number of hydrogen-bond donors (Lipinski definition) is 1. The predicted octanol–water partition coefficient (Wildman–Crippen LogP) is 3.60. The van der Waals surface area contributed by atoms with E-state index in [-0.39, 0.29) is 17.3 Å². The van der Waals surface area contributed by atoms with Gasteiger partial charge in [0.05, 0.1) is 17.2 Å². The number of tetrazole rings is 1. The lowest BCUT2D eigenvalue weighted by atomic mass is 10.2. The molecular weight excluding hydrogens is 400 g/mol. The largest absolute Gasteiger partial charge is 0.377 e. The minimum absolute atomic E-state index is 0.0867. The SMILES string of the molecule is O=[N+]([O-])c1cc(NCc2nnnn2-c2ccccc2Br)ccc1Cl. The molecule has 1 N–H and O–H groups in total. The van der Waals surface area contributed by atoms with Crippen LogP contribution in [0.2, 0.25) is 5.02 Å². The highest BCUT2D eigenvalue weighted by molar-refractivity contribution is 9.10. The van der Waals surface area contributed by atoms with Gasteiger partial charge in [0.15, 0.2) is 5.82 Å². The Bertz CT molecular complexity index is 900. The third kappa shape index (κ3) is 3.36. The summed E-state index contributed by atoms with van der Waals surface area (Å²) in [5.41, 5.74) is 1.18. The lowest BCUT2D eigenvalue weighted by Crippen LogP contribution is -2.09. The van der Waals surface area contributed by atoms with E-state index in [0.717, 1.165) is 10.2 Å². The summed E-state index contributed by atoms with van der Waals surface area (Å²) in [5, 5.41) is 25.7. The molecule has 8 nitrogen and oxygen atoms in total. The lowest BCUT2D eigenvalue weighted by Gasteiger charge is -2.08. The molecule has 0 fully saturated rings. The molecule has 0 saturated heterocycles. The smallest absolute Gasteiger partial charge is 0.289 e. The molecule has 0 amide bonds. The average Bonchev–Trinajstić information content (AvgIpc) is 3.02. The Morgan fingerprint density at radius 3 is 2.83 bits per heavy atom. The second-order valence-corrected chi connectivity index (χ2v) is 6.00. The topological polar surface area (TPSA) is 98.8 Å². The van der Waals surface area contributed by atoms with E-state index in [0.29, 0.717) is 11.5 Å². The molecule has 0 spiro atoms. The average molecular weight is 410 g/mol. The quantitative estimate of drug-likeness (QED) is 0.510. The van der Waals surface area contributed by atoms with E-state index in [4.69, 9.17) is 11.6 Å². The highest BCUT2D eigenvalue weighted by atomic mass is 79.9. The monoisotopic (exact) mass is 408 g/mol. The summed E-state index contributed by atoms with van der Waals surface area (Å²) in [4.78, 5) is 10.4. The molecule has 1 aromatic heterocycles. The zero-order valence-electron chi connectivity index (χ0n) is 12.1. The summed E-state index contributed by atoms with van der Waals surface area (Å²) in [6.45, 7) is 0.285. The number of anilines is 1. The minimum Gasteiger partial charge on any atom is -0.377 e. The van der Waals surface area contributed by atoms with Gasteiger partial charge in [0.25, 0.3) is 5.69 Å². The fraction of sp³-hybridized carbons (Fsp3) is 0.0714. The molecule has 0 radical (unpaired) electrons. The van der Waals surface area contributed by atoms with Gasteiger partial charge in [0, 0.05) is 16.2 Å². The predicted molar refractivity (Wildman–Crippen MR) is 92.3 cm³/mol. The van der Waals surface area contributed by atoms with Crippen LogP contribution in [0.3, 0.4) is 0 Å². The maximum atomic E-state index is 10.9. The van der Waals surface area contributed by atoms with Crippen molar-refractivity contribution in [2.45, 2.75) is 6.54 Å². The van der Waals surface area contributed by atoms with Crippen molar-refractivity contribution >= 4 is 38.9 Å². The molecule has 3 rings (SSSR count). The fourth-order valence-electron chi connectivity index (χ4n) is 2.07. The van der Waals surface area contributed by atoms with Gasteiger partial charge in [-0.15, -0.1) is 5.10 Å². The molecule has 0 unspecified atom stereocenters. The highest BCUT2D eigenvalue weighted by Crippen LogP contribution is 2.27. The Morgan fingerprint density at radius 2 is 2.08 bits per heavy atom. The van der Waals surface area contributed by atoms with Crippen molar-refractivity contribution in [1.82, 2.24) is 20.2 Å². The van der Waals surface area contributed by atoms with E-state index in [9.17, 15) is 10.1 Å². The normalized spacial score (nSPS) is 10.6. The molecule has 2 aromatic carbocycles. The molecule has 3 aromatic rings. The van der Waals surface area contributed by atoms with Gasteiger partial charge >= 0.3 is 0 Å². The first-order valence-corrected chi connectivity index (χ1v) is 7.93. The minimum atomic E-state index is -0.529. The number of rotatable bonds is 5. The van der Waals surface area contributed by atoms with Crippen LogP contribution in [-0.2, 0) is 6.54 Å². The Hall–Kier alpha value is -2.52. The number of aromatic nitrogens is 4. The van der Waals surface area contributed by atoms with E-state index in [1.54, 1.807) is 10.7 Å². The molecule has 0 atom stereocenters. The fourth-order valence-corrected chi connectivity index (χ4v) is 2.71. The molecule has 24 heavy (non-hydrogen) atoms. The van der Waals surface area contributed by atoms with Gasteiger partial charge in [-0.05, 0) is 50.6 Å². The van der Waals surface area contributed by atoms with E-state index in [2.05, 4.69) is 36.8 Å². The van der Waals surface area contributed by atoms with Crippen molar-refractivity contribution in [3.05, 3.63) is 67.9 Å². The molecule has 1 heterocycles. The van der Waals surface area contributed by atoms with Crippen molar-refractivity contribution < 1.29 is 4.92 Å². The standard InChI is InChI=1S/C14H10BrClN6O2/c15-10-3-1-2-4-12(10)21-14(18-19-20-21)8-17-9-5-6-11(16)13(7-9)22(23)24/h1-7,17H,8H2. The van der Waals surface area contributed by atoms with Crippen LogP contribution in [0.25, 0.3) is 5.69 Å². The Labute approximate surface area is 149 Å². The number of nitrogens with one attached hydrogen (secondary N) is 1. The summed E-state index contributed by atoms with van der Waals surface area (Å²) in [6.07, 6.45) is 0. The van der Waals surface area contributed by atoms with Crippen LogP contribution < -0.4 is 5.32 Å². The first-order chi connectivity index (χ1) is 11.6. The van der Waals surface area contributed by atoms with Crippen molar-refractivity contribution in [3.8, 4) is 5.69 Å². The molecular formula is C14H10BrClN6O2. The van der Waals surface area contributed by atoms with Crippen molar-refractivity contribution in [2.24, 2.45) is 0 Å². The maximum Gasteiger partial charge on any atom is 0.289 e. The lowest BCUT2D eigenvalue weighted by molar-refractivity contribution is -0.384. The number of nitro benzene ring substituents is 1. The van der Waals surface area contributed by atoms with Crippen LogP contribution in [0, 0.1) is 10.1 Å². The molecule has 0 aliphatic carbocycles. The van der Waals surface area contributed by atoms with Gasteiger partial charge in [0.1, 0.15) is 5.02 Å². The molecule has 0 aliphatic rings. The molecule has 0 bridgehead atoms. The Morgan fingerprint density at radius 1 is 1.29 bits per heavy atom. The number of benzene rings is 2. The van der Waals surface area contributed by atoms with Gasteiger partial charge in [0.2, 0.25) is 0 Å². The molecule has 10 heteroatoms.